The van der Waals surface area contributed by atoms with Crippen LogP contribution in [0.3, 0.4) is 0 Å². The average Bonchev–Trinajstić information content (AvgIpc) is 2.78. The second-order valence-corrected chi connectivity index (χ2v) is 5.45. The van der Waals surface area contributed by atoms with E-state index in [0.29, 0.717) is 18.3 Å². The van der Waals surface area contributed by atoms with Gasteiger partial charge in [0.25, 0.3) is 0 Å². The topological polar surface area (TPSA) is 55.3 Å². The maximum Gasteiger partial charge on any atom is 0.233 e. The smallest absolute Gasteiger partial charge is 0.233 e. The number of aryl methyl sites for hydroxylation is 1. The third-order valence-electron chi connectivity index (χ3n) is 3.97. The fourth-order valence-corrected chi connectivity index (χ4v) is 2.56. The molecule has 3 rings (SSSR count). The Bertz CT molecular complexity index is 456. The molecule has 1 unspecified atom stereocenters. The number of rotatable bonds is 3. The van der Waals surface area contributed by atoms with Gasteiger partial charge in [0.05, 0.1) is 12.2 Å². The molecule has 1 saturated carbocycles. The summed E-state index contributed by atoms with van der Waals surface area (Å²) in [6, 6.07) is 3.72. The number of carbonyl (C=O) groups is 1. The van der Waals surface area contributed by atoms with Crippen molar-refractivity contribution in [1.29, 1.82) is 0 Å². The molecule has 19 heavy (non-hydrogen) atoms. The van der Waals surface area contributed by atoms with E-state index in [2.05, 4.69) is 10.2 Å². The molecule has 2 fully saturated rings. The van der Waals surface area contributed by atoms with Gasteiger partial charge in [-0.1, -0.05) is 6.42 Å². The molecule has 2 heterocycles. The highest BCUT2D eigenvalue weighted by atomic mass is 16.5. The first-order chi connectivity index (χ1) is 9.22. The molecule has 0 radical (unpaired) electrons. The van der Waals surface area contributed by atoms with E-state index < -0.39 is 0 Å². The van der Waals surface area contributed by atoms with Crippen LogP contribution in [0.1, 0.15) is 31.4 Å². The SMILES string of the molecule is Cc1ccc(OC2CCN(C(=O)C3CCC3)C2)nn1. The van der Waals surface area contributed by atoms with Crippen LogP contribution in [0.2, 0.25) is 0 Å². The van der Waals surface area contributed by atoms with Crippen molar-refractivity contribution in [3.8, 4) is 5.88 Å². The van der Waals surface area contributed by atoms with Crippen LogP contribution in [-0.4, -0.2) is 40.2 Å². The van der Waals surface area contributed by atoms with Crippen LogP contribution >= 0.6 is 0 Å². The number of likely N-dealkylation sites (tertiary alicyclic amines) is 1. The van der Waals surface area contributed by atoms with Crippen molar-refractivity contribution in [1.82, 2.24) is 15.1 Å². The predicted molar refractivity (Wildman–Crippen MR) is 69.7 cm³/mol. The van der Waals surface area contributed by atoms with Gasteiger partial charge in [0.1, 0.15) is 6.10 Å². The van der Waals surface area contributed by atoms with Crippen molar-refractivity contribution in [3.05, 3.63) is 17.8 Å². The van der Waals surface area contributed by atoms with Crippen molar-refractivity contribution in [3.63, 3.8) is 0 Å². The highest BCUT2D eigenvalue weighted by Crippen LogP contribution is 2.29. The summed E-state index contributed by atoms with van der Waals surface area (Å²) < 4.78 is 5.77. The summed E-state index contributed by atoms with van der Waals surface area (Å²) in [7, 11) is 0. The molecule has 5 heteroatoms. The van der Waals surface area contributed by atoms with Crippen LogP contribution in [0.15, 0.2) is 12.1 Å². The Morgan fingerprint density at radius 2 is 2.16 bits per heavy atom. The molecule has 1 atom stereocenters. The van der Waals surface area contributed by atoms with E-state index in [4.69, 9.17) is 4.74 Å². The van der Waals surface area contributed by atoms with Gasteiger partial charge < -0.3 is 9.64 Å². The van der Waals surface area contributed by atoms with Gasteiger partial charge in [-0.05, 0) is 25.8 Å². The monoisotopic (exact) mass is 261 g/mol. The Morgan fingerprint density at radius 3 is 2.79 bits per heavy atom. The van der Waals surface area contributed by atoms with Crippen molar-refractivity contribution in [2.75, 3.05) is 13.1 Å². The molecule has 0 spiro atoms. The lowest BCUT2D eigenvalue weighted by atomic mass is 9.84. The molecule has 0 bridgehead atoms. The van der Waals surface area contributed by atoms with E-state index in [1.807, 2.05) is 24.0 Å². The number of nitrogens with zero attached hydrogens (tertiary/aromatic N) is 3. The first-order valence-electron chi connectivity index (χ1n) is 6.98. The summed E-state index contributed by atoms with van der Waals surface area (Å²) in [4.78, 5) is 14.1. The van der Waals surface area contributed by atoms with E-state index in [1.54, 1.807) is 0 Å². The maximum atomic E-state index is 12.1. The molecule has 1 aliphatic heterocycles. The summed E-state index contributed by atoms with van der Waals surface area (Å²) >= 11 is 0. The molecule has 0 aromatic carbocycles. The largest absolute Gasteiger partial charge is 0.471 e. The normalized spacial score (nSPS) is 23.2. The summed E-state index contributed by atoms with van der Waals surface area (Å²) in [5, 5.41) is 7.97. The van der Waals surface area contributed by atoms with E-state index in [0.717, 1.165) is 31.5 Å². The Labute approximate surface area is 113 Å². The van der Waals surface area contributed by atoms with Crippen LogP contribution in [0.4, 0.5) is 0 Å². The summed E-state index contributed by atoms with van der Waals surface area (Å²) in [6.07, 6.45) is 4.26. The van der Waals surface area contributed by atoms with Gasteiger partial charge in [-0.3, -0.25) is 4.79 Å². The fourth-order valence-electron chi connectivity index (χ4n) is 2.56. The van der Waals surface area contributed by atoms with Crippen LogP contribution in [0.5, 0.6) is 5.88 Å². The molecule has 102 valence electrons. The van der Waals surface area contributed by atoms with Crippen LogP contribution < -0.4 is 4.74 Å². The number of ether oxygens (including phenoxy) is 1. The zero-order valence-corrected chi connectivity index (χ0v) is 11.2. The van der Waals surface area contributed by atoms with Gasteiger partial charge in [0.2, 0.25) is 11.8 Å². The van der Waals surface area contributed by atoms with Crippen LogP contribution in [0, 0.1) is 12.8 Å². The number of hydrogen-bond donors (Lipinski definition) is 0. The van der Waals surface area contributed by atoms with Gasteiger partial charge in [0, 0.05) is 24.9 Å². The van der Waals surface area contributed by atoms with Crippen LogP contribution in [0.25, 0.3) is 0 Å². The second kappa shape index (κ2) is 5.15. The molecular weight excluding hydrogens is 242 g/mol. The lowest BCUT2D eigenvalue weighted by Crippen LogP contribution is -2.38. The third kappa shape index (κ3) is 2.69. The van der Waals surface area contributed by atoms with Crippen LogP contribution in [-0.2, 0) is 4.79 Å². The number of hydrogen-bond acceptors (Lipinski definition) is 4. The Kier molecular flexibility index (Phi) is 3.36. The van der Waals surface area contributed by atoms with Gasteiger partial charge in [0.15, 0.2) is 0 Å². The van der Waals surface area contributed by atoms with Crippen molar-refractivity contribution >= 4 is 5.91 Å². The minimum absolute atomic E-state index is 0.0565. The minimum Gasteiger partial charge on any atom is -0.471 e. The van der Waals surface area contributed by atoms with Crippen molar-refractivity contribution < 1.29 is 9.53 Å². The maximum absolute atomic E-state index is 12.1. The number of amides is 1. The Morgan fingerprint density at radius 1 is 1.32 bits per heavy atom. The van der Waals surface area contributed by atoms with Gasteiger partial charge >= 0.3 is 0 Å². The predicted octanol–water partition coefficient (Wildman–Crippen LogP) is 1.56. The first kappa shape index (κ1) is 12.4. The summed E-state index contributed by atoms with van der Waals surface area (Å²) in [5.74, 6) is 1.14. The summed E-state index contributed by atoms with van der Waals surface area (Å²) in [5.41, 5.74) is 0.876. The molecule has 1 aliphatic carbocycles. The molecule has 0 N–H and O–H groups in total. The number of aromatic nitrogens is 2. The molecule has 1 amide bonds. The first-order valence-corrected chi connectivity index (χ1v) is 6.98. The number of carbonyl (C=O) groups excluding carboxylic acids is 1. The minimum atomic E-state index is 0.0565. The summed E-state index contributed by atoms with van der Waals surface area (Å²) in [6.45, 7) is 3.38. The van der Waals surface area contributed by atoms with E-state index in [9.17, 15) is 4.79 Å². The highest BCUT2D eigenvalue weighted by Gasteiger charge is 2.34. The van der Waals surface area contributed by atoms with Gasteiger partial charge in [-0.2, -0.15) is 5.10 Å². The zero-order valence-electron chi connectivity index (χ0n) is 11.2. The quantitative estimate of drug-likeness (QED) is 0.828. The lowest BCUT2D eigenvalue weighted by molar-refractivity contribution is -0.137. The van der Waals surface area contributed by atoms with Gasteiger partial charge in [-0.25, -0.2) is 0 Å². The van der Waals surface area contributed by atoms with E-state index in [1.165, 1.54) is 6.42 Å². The van der Waals surface area contributed by atoms with Crippen molar-refractivity contribution in [2.24, 2.45) is 5.92 Å². The molecular formula is C14H19N3O2. The fraction of sp³-hybridized carbons (Fsp3) is 0.643. The Balaban J connectivity index is 1.54. The standard InChI is InChI=1S/C14H19N3O2/c1-10-5-6-13(16-15-10)19-12-7-8-17(9-12)14(18)11-3-2-4-11/h5-6,11-12H,2-4,7-9H2,1H3. The van der Waals surface area contributed by atoms with Gasteiger partial charge in [-0.15, -0.1) is 5.10 Å². The molecule has 5 nitrogen and oxygen atoms in total. The highest BCUT2D eigenvalue weighted by molar-refractivity contribution is 5.79. The second-order valence-electron chi connectivity index (χ2n) is 5.45. The molecule has 2 aliphatic rings. The third-order valence-corrected chi connectivity index (χ3v) is 3.97. The average molecular weight is 261 g/mol. The van der Waals surface area contributed by atoms with E-state index in [-0.39, 0.29) is 12.0 Å². The van der Waals surface area contributed by atoms with E-state index >= 15 is 0 Å². The molecule has 1 aromatic rings. The Hall–Kier alpha value is -1.65. The lowest BCUT2D eigenvalue weighted by Gasteiger charge is -2.29. The molecule has 1 saturated heterocycles. The van der Waals surface area contributed by atoms with Crippen molar-refractivity contribution in [2.45, 2.75) is 38.7 Å². The molecule has 1 aromatic heterocycles. The zero-order chi connectivity index (χ0) is 13.2.